The van der Waals surface area contributed by atoms with Gasteiger partial charge in [-0.3, -0.25) is 0 Å². The molecule has 4 N–H and O–H groups in total. The molecule has 5 heteroatoms. The number of nitrogens with two attached hydrogens (primary N) is 1. The summed E-state index contributed by atoms with van der Waals surface area (Å²) in [5.41, 5.74) is 2.49. The Bertz CT molecular complexity index is 284. The molecule has 1 aromatic heterocycles. The normalized spacial score (nSPS) is 10.2. The second kappa shape index (κ2) is 4.04. The summed E-state index contributed by atoms with van der Waals surface area (Å²) < 4.78 is 0. The van der Waals surface area contributed by atoms with E-state index in [1.807, 2.05) is 20.8 Å². The lowest BCUT2D eigenvalue weighted by Crippen LogP contribution is -2.14. The summed E-state index contributed by atoms with van der Waals surface area (Å²) >= 11 is 0. The van der Waals surface area contributed by atoms with Gasteiger partial charge in [0.1, 0.15) is 17.5 Å². The van der Waals surface area contributed by atoms with Crippen molar-refractivity contribution in [1.82, 2.24) is 9.97 Å². The highest BCUT2D eigenvalue weighted by atomic mass is 15.3. The molecule has 1 rings (SSSR count). The van der Waals surface area contributed by atoms with Crippen molar-refractivity contribution >= 4 is 11.6 Å². The molecule has 0 fully saturated rings. The van der Waals surface area contributed by atoms with Gasteiger partial charge in [-0.15, -0.1) is 0 Å². The summed E-state index contributed by atoms with van der Waals surface area (Å²) in [5.74, 6) is 7.35. The van der Waals surface area contributed by atoms with E-state index in [0.717, 1.165) is 5.82 Å². The van der Waals surface area contributed by atoms with Crippen LogP contribution in [0.4, 0.5) is 11.6 Å². The molecular weight excluding hydrogens is 166 g/mol. The second-order valence-corrected chi connectivity index (χ2v) is 3.13. The molecule has 1 heterocycles. The molecule has 0 bridgehead atoms. The monoisotopic (exact) mass is 181 g/mol. The van der Waals surface area contributed by atoms with Crippen molar-refractivity contribution < 1.29 is 0 Å². The molecule has 0 saturated heterocycles. The second-order valence-electron chi connectivity index (χ2n) is 3.13. The maximum atomic E-state index is 5.25. The van der Waals surface area contributed by atoms with Gasteiger partial charge in [-0.2, -0.15) is 0 Å². The van der Waals surface area contributed by atoms with Crippen LogP contribution < -0.4 is 16.6 Å². The van der Waals surface area contributed by atoms with Crippen LogP contribution in [0.1, 0.15) is 19.7 Å². The molecular formula is C8H15N5. The maximum Gasteiger partial charge on any atom is 0.145 e. The van der Waals surface area contributed by atoms with E-state index in [-0.39, 0.29) is 0 Å². The Morgan fingerprint density at radius 1 is 1.31 bits per heavy atom. The van der Waals surface area contributed by atoms with E-state index in [4.69, 9.17) is 5.84 Å². The first kappa shape index (κ1) is 9.73. The molecule has 0 aliphatic rings. The molecule has 0 atom stereocenters. The van der Waals surface area contributed by atoms with Gasteiger partial charge >= 0.3 is 0 Å². The molecule has 0 unspecified atom stereocenters. The molecule has 0 amide bonds. The van der Waals surface area contributed by atoms with Gasteiger partial charge in [0, 0.05) is 12.1 Å². The predicted molar refractivity (Wildman–Crippen MR) is 53.3 cm³/mol. The van der Waals surface area contributed by atoms with E-state index in [1.54, 1.807) is 6.07 Å². The number of aryl methyl sites for hydroxylation is 1. The molecule has 0 aliphatic carbocycles. The SMILES string of the molecule is Cc1nc(NN)cc(NC(C)C)n1. The molecule has 1 aromatic rings. The summed E-state index contributed by atoms with van der Waals surface area (Å²) in [5, 5.41) is 3.17. The summed E-state index contributed by atoms with van der Waals surface area (Å²) in [6, 6.07) is 2.12. The van der Waals surface area contributed by atoms with E-state index < -0.39 is 0 Å². The molecule has 0 aromatic carbocycles. The molecule has 0 aliphatic heterocycles. The zero-order chi connectivity index (χ0) is 9.84. The quantitative estimate of drug-likeness (QED) is 0.477. The first-order valence-corrected chi connectivity index (χ1v) is 4.20. The Morgan fingerprint density at radius 2 is 1.92 bits per heavy atom. The van der Waals surface area contributed by atoms with Crippen LogP contribution in [0.15, 0.2) is 6.07 Å². The van der Waals surface area contributed by atoms with Crippen molar-refractivity contribution in [2.75, 3.05) is 10.7 Å². The Hall–Kier alpha value is -1.36. The Kier molecular flexibility index (Phi) is 3.02. The van der Waals surface area contributed by atoms with Crippen molar-refractivity contribution in [1.29, 1.82) is 0 Å². The van der Waals surface area contributed by atoms with Crippen LogP contribution in [-0.2, 0) is 0 Å². The minimum Gasteiger partial charge on any atom is -0.368 e. The number of hydrogen-bond acceptors (Lipinski definition) is 5. The summed E-state index contributed by atoms with van der Waals surface area (Å²) in [7, 11) is 0. The highest BCUT2D eigenvalue weighted by Crippen LogP contribution is 2.10. The lowest BCUT2D eigenvalue weighted by atomic mass is 10.4. The van der Waals surface area contributed by atoms with Crippen LogP contribution in [0.5, 0.6) is 0 Å². The van der Waals surface area contributed by atoms with Crippen LogP contribution in [0.25, 0.3) is 0 Å². The van der Waals surface area contributed by atoms with Crippen molar-refractivity contribution in [2.45, 2.75) is 26.8 Å². The van der Waals surface area contributed by atoms with E-state index in [9.17, 15) is 0 Å². The Balaban J connectivity index is 2.88. The third kappa shape index (κ3) is 2.87. The van der Waals surface area contributed by atoms with Gasteiger partial charge in [-0.05, 0) is 20.8 Å². The number of anilines is 2. The Labute approximate surface area is 77.7 Å². The molecule has 5 nitrogen and oxygen atoms in total. The molecule has 0 saturated carbocycles. The minimum atomic E-state index is 0.347. The van der Waals surface area contributed by atoms with Gasteiger partial charge in [0.2, 0.25) is 0 Å². The van der Waals surface area contributed by atoms with E-state index in [2.05, 4.69) is 20.7 Å². The first-order valence-electron chi connectivity index (χ1n) is 4.20. The zero-order valence-corrected chi connectivity index (χ0v) is 8.13. The van der Waals surface area contributed by atoms with Crippen LogP contribution in [-0.4, -0.2) is 16.0 Å². The van der Waals surface area contributed by atoms with E-state index in [1.165, 1.54) is 0 Å². The third-order valence-corrected chi connectivity index (χ3v) is 1.42. The van der Waals surface area contributed by atoms with Crippen LogP contribution in [0, 0.1) is 6.92 Å². The average Bonchev–Trinajstić information content (AvgIpc) is 2.01. The fourth-order valence-electron chi connectivity index (χ4n) is 1.01. The van der Waals surface area contributed by atoms with Gasteiger partial charge in [0.15, 0.2) is 0 Å². The number of nitrogen functional groups attached to an aromatic ring is 1. The highest BCUT2D eigenvalue weighted by molar-refractivity contribution is 5.47. The lowest BCUT2D eigenvalue weighted by Gasteiger charge is -2.10. The van der Waals surface area contributed by atoms with Crippen molar-refractivity contribution in [3.8, 4) is 0 Å². The minimum absolute atomic E-state index is 0.347. The molecule has 72 valence electrons. The van der Waals surface area contributed by atoms with Crippen LogP contribution >= 0.6 is 0 Å². The number of nitrogens with one attached hydrogen (secondary N) is 2. The number of nitrogens with zero attached hydrogens (tertiary/aromatic N) is 2. The van der Waals surface area contributed by atoms with Crippen molar-refractivity contribution in [2.24, 2.45) is 5.84 Å². The fourth-order valence-corrected chi connectivity index (χ4v) is 1.01. The van der Waals surface area contributed by atoms with E-state index in [0.29, 0.717) is 17.7 Å². The van der Waals surface area contributed by atoms with E-state index >= 15 is 0 Å². The Morgan fingerprint density at radius 3 is 2.46 bits per heavy atom. The zero-order valence-electron chi connectivity index (χ0n) is 8.13. The number of aromatic nitrogens is 2. The van der Waals surface area contributed by atoms with Gasteiger partial charge in [-0.1, -0.05) is 0 Å². The molecule has 0 spiro atoms. The topological polar surface area (TPSA) is 75.9 Å². The smallest absolute Gasteiger partial charge is 0.145 e. The molecule has 13 heavy (non-hydrogen) atoms. The van der Waals surface area contributed by atoms with Gasteiger partial charge in [0.25, 0.3) is 0 Å². The largest absolute Gasteiger partial charge is 0.368 e. The summed E-state index contributed by atoms with van der Waals surface area (Å²) in [6.07, 6.45) is 0. The van der Waals surface area contributed by atoms with Crippen LogP contribution in [0.3, 0.4) is 0 Å². The number of rotatable bonds is 3. The highest BCUT2D eigenvalue weighted by Gasteiger charge is 2.01. The number of hydrogen-bond donors (Lipinski definition) is 3. The third-order valence-electron chi connectivity index (χ3n) is 1.42. The molecule has 0 radical (unpaired) electrons. The van der Waals surface area contributed by atoms with Gasteiger partial charge in [-0.25, -0.2) is 15.8 Å². The van der Waals surface area contributed by atoms with Crippen molar-refractivity contribution in [3.05, 3.63) is 11.9 Å². The lowest BCUT2D eigenvalue weighted by molar-refractivity contribution is 0.880. The number of hydrazine groups is 1. The van der Waals surface area contributed by atoms with Crippen LogP contribution in [0.2, 0.25) is 0 Å². The first-order chi connectivity index (χ1) is 6.11. The fraction of sp³-hybridized carbons (Fsp3) is 0.500. The van der Waals surface area contributed by atoms with Gasteiger partial charge < -0.3 is 10.7 Å². The van der Waals surface area contributed by atoms with Gasteiger partial charge in [0.05, 0.1) is 0 Å². The average molecular weight is 181 g/mol. The predicted octanol–water partition coefficient (Wildman–Crippen LogP) is 0.891. The summed E-state index contributed by atoms with van der Waals surface area (Å²) in [4.78, 5) is 8.28. The maximum absolute atomic E-state index is 5.25. The summed E-state index contributed by atoms with van der Waals surface area (Å²) in [6.45, 7) is 5.92. The standard InChI is InChI=1S/C8H15N5/c1-5(2)10-7-4-8(13-9)12-6(3)11-7/h4-5H,9H2,1-3H3,(H2,10,11,12,13). The van der Waals surface area contributed by atoms with Crippen molar-refractivity contribution in [3.63, 3.8) is 0 Å².